The van der Waals surface area contributed by atoms with Crippen molar-refractivity contribution in [1.29, 1.82) is 10.8 Å². The van der Waals surface area contributed by atoms with E-state index in [0.29, 0.717) is 16.9 Å². The van der Waals surface area contributed by atoms with Gasteiger partial charge in [-0.2, -0.15) is 9.98 Å². The molecule has 0 fully saturated rings. The second kappa shape index (κ2) is 12.8. The smallest absolute Gasteiger partial charge is 0.222 e. The molecule has 96 valence electrons. The highest BCUT2D eigenvalue weighted by Crippen LogP contribution is 2.26. The minimum absolute atomic E-state index is 0.464. The van der Waals surface area contributed by atoms with Crippen LogP contribution in [0, 0.1) is 17.7 Å². The maximum absolute atomic E-state index is 10.00. The van der Waals surface area contributed by atoms with Crippen LogP contribution in [0.4, 0.5) is 11.4 Å². The van der Waals surface area contributed by atoms with Crippen LogP contribution in [0.3, 0.4) is 0 Å². The van der Waals surface area contributed by atoms with Gasteiger partial charge >= 0.3 is 0 Å². The van der Waals surface area contributed by atoms with Gasteiger partial charge in [0.15, 0.2) is 0 Å². The van der Waals surface area contributed by atoms with Crippen molar-refractivity contribution in [3.05, 3.63) is 23.8 Å². The van der Waals surface area contributed by atoms with Gasteiger partial charge in [0, 0.05) is 5.56 Å². The zero-order chi connectivity index (χ0) is 15.1. The highest BCUT2D eigenvalue weighted by atomic mass is 16.1. The summed E-state index contributed by atoms with van der Waals surface area (Å²) in [6, 6.07) is 4.94. The quantitative estimate of drug-likeness (QED) is 0.616. The molecule has 0 radical (unpaired) electrons. The molecule has 0 heterocycles. The molecule has 0 spiro atoms. The Balaban J connectivity index is 0. The predicted molar refractivity (Wildman–Crippen MR) is 63.6 cm³/mol. The molecule has 0 aliphatic rings. The van der Waals surface area contributed by atoms with Crippen LogP contribution in [0.1, 0.15) is 5.56 Å². The highest BCUT2D eigenvalue weighted by molar-refractivity contribution is 5.64. The Morgan fingerprint density at radius 2 is 1.21 bits per heavy atom. The van der Waals surface area contributed by atoms with Crippen LogP contribution in [0.25, 0.3) is 0 Å². The average molecular weight is 260 g/mol. The molecule has 1 aromatic carbocycles. The molecule has 0 amide bonds. The van der Waals surface area contributed by atoms with Crippen molar-refractivity contribution in [2.45, 2.75) is 6.92 Å². The van der Waals surface area contributed by atoms with Gasteiger partial charge < -0.3 is 0 Å². The van der Waals surface area contributed by atoms with E-state index in [4.69, 9.17) is 20.4 Å². The van der Waals surface area contributed by atoms with Gasteiger partial charge in [0.05, 0.1) is 11.4 Å². The maximum atomic E-state index is 10.00. The van der Waals surface area contributed by atoms with Crippen LogP contribution >= 0.6 is 0 Å². The van der Waals surface area contributed by atoms with E-state index < -0.39 is 0 Å². The predicted octanol–water partition coefficient (Wildman–Crippen LogP) is 1.73. The van der Waals surface area contributed by atoms with Crippen LogP contribution in [0.5, 0.6) is 0 Å². The summed E-state index contributed by atoms with van der Waals surface area (Å²) in [6.07, 6.45) is 4.36. The Labute approximate surface area is 107 Å². The van der Waals surface area contributed by atoms with E-state index in [1.807, 2.05) is 0 Å². The molecule has 0 aromatic heterocycles. The van der Waals surface area contributed by atoms with Crippen molar-refractivity contribution in [2.24, 2.45) is 9.98 Å². The van der Waals surface area contributed by atoms with E-state index in [2.05, 4.69) is 9.98 Å². The van der Waals surface area contributed by atoms with Gasteiger partial charge in [-0.05, 0) is 19.1 Å². The normalized spacial score (nSPS) is 6.58. The van der Waals surface area contributed by atoms with Gasteiger partial charge in [-0.15, -0.1) is 0 Å². The largest absolute Gasteiger partial charge is 0.240 e. The Morgan fingerprint density at radius 1 is 0.895 bits per heavy atom. The topological polar surface area (TPSA) is 141 Å². The third-order valence-corrected chi connectivity index (χ3v) is 1.61. The molecule has 19 heavy (non-hydrogen) atoms. The Bertz CT molecular complexity index is 524. The van der Waals surface area contributed by atoms with Crippen LogP contribution in [0.2, 0.25) is 0 Å². The number of hydrogen-bond acceptors (Lipinski definition) is 8. The molecule has 0 aliphatic heterocycles. The van der Waals surface area contributed by atoms with Crippen LogP contribution in [-0.2, 0) is 19.2 Å². The SMILES string of the molecule is Cc1c(N=C=O)cccc1N=C=O.N=C=O.N=C=O. The number of nitrogens with one attached hydrogen (secondary N) is 2. The number of hydrogen-bond donors (Lipinski definition) is 2. The first-order valence-corrected chi connectivity index (χ1v) is 4.45. The summed E-state index contributed by atoms with van der Waals surface area (Å²) in [5, 5.41) is 10.8. The number of isocyanates is 4. The van der Waals surface area contributed by atoms with Gasteiger partial charge in [0.2, 0.25) is 24.3 Å². The van der Waals surface area contributed by atoms with E-state index in [1.165, 1.54) is 12.2 Å². The van der Waals surface area contributed by atoms with Crippen molar-refractivity contribution in [3.63, 3.8) is 0 Å². The summed E-state index contributed by atoms with van der Waals surface area (Å²) < 4.78 is 0. The van der Waals surface area contributed by atoms with Gasteiger partial charge in [0.25, 0.3) is 0 Å². The fraction of sp³-hybridized carbons (Fsp3) is 0.0909. The first-order chi connectivity index (χ1) is 9.12. The molecule has 1 rings (SSSR count). The fourth-order valence-electron chi connectivity index (χ4n) is 0.952. The van der Waals surface area contributed by atoms with Crippen LogP contribution < -0.4 is 0 Å². The summed E-state index contributed by atoms with van der Waals surface area (Å²) in [6.45, 7) is 1.71. The molecule has 8 heteroatoms. The number of rotatable bonds is 2. The van der Waals surface area contributed by atoms with Gasteiger partial charge in [0.1, 0.15) is 0 Å². The van der Waals surface area contributed by atoms with Crippen molar-refractivity contribution < 1.29 is 19.2 Å². The fourth-order valence-corrected chi connectivity index (χ4v) is 0.952. The van der Waals surface area contributed by atoms with Crippen molar-refractivity contribution >= 4 is 35.7 Å². The molecule has 8 nitrogen and oxygen atoms in total. The third-order valence-electron chi connectivity index (χ3n) is 1.61. The average Bonchev–Trinajstić information content (AvgIpc) is 2.37. The molecule has 0 unspecified atom stereocenters. The number of aliphatic imine (C=N–C) groups is 2. The number of carbonyl (C=O) groups excluding carboxylic acids is 4. The zero-order valence-corrected chi connectivity index (χ0v) is 9.76. The second-order valence-corrected chi connectivity index (χ2v) is 2.53. The van der Waals surface area contributed by atoms with E-state index in [1.54, 1.807) is 25.1 Å². The first-order valence-electron chi connectivity index (χ1n) is 4.45. The van der Waals surface area contributed by atoms with Gasteiger partial charge in [-0.3, -0.25) is 0 Å². The van der Waals surface area contributed by atoms with E-state index >= 15 is 0 Å². The van der Waals surface area contributed by atoms with Crippen molar-refractivity contribution in [1.82, 2.24) is 0 Å². The molecular formula is C11H8N4O4. The summed E-state index contributed by atoms with van der Waals surface area (Å²) in [5.74, 6) is 0. The van der Waals surface area contributed by atoms with Crippen LogP contribution in [-0.4, -0.2) is 24.3 Å². The molecule has 1 aromatic rings. The molecule has 0 saturated heterocycles. The van der Waals surface area contributed by atoms with E-state index in [-0.39, 0.29) is 0 Å². The van der Waals surface area contributed by atoms with Crippen molar-refractivity contribution in [3.8, 4) is 0 Å². The summed E-state index contributed by atoms with van der Waals surface area (Å²) in [4.78, 5) is 43.6. The van der Waals surface area contributed by atoms with Gasteiger partial charge in [-0.1, -0.05) is 6.07 Å². The zero-order valence-electron chi connectivity index (χ0n) is 9.76. The maximum Gasteiger partial charge on any atom is 0.240 e. The number of benzene rings is 1. The van der Waals surface area contributed by atoms with Crippen molar-refractivity contribution in [2.75, 3.05) is 0 Å². The minimum Gasteiger partial charge on any atom is -0.222 e. The van der Waals surface area contributed by atoms with Gasteiger partial charge in [-0.25, -0.2) is 30.0 Å². The first kappa shape index (κ1) is 18.1. The lowest BCUT2D eigenvalue weighted by Crippen LogP contribution is -1.75. The lowest BCUT2D eigenvalue weighted by atomic mass is 10.1. The second-order valence-electron chi connectivity index (χ2n) is 2.53. The lowest BCUT2D eigenvalue weighted by molar-refractivity contribution is 0.562. The lowest BCUT2D eigenvalue weighted by Gasteiger charge is -1.99. The Morgan fingerprint density at radius 3 is 1.47 bits per heavy atom. The monoisotopic (exact) mass is 260 g/mol. The standard InChI is InChI=1S/C9H6N2O2.2CHNO/c1-7-8(10-5-12)3-2-4-9(7)11-6-13;2*2-1-3/h2-4H,1H3;2*2H. The molecule has 0 atom stereocenters. The van der Waals surface area contributed by atoms with E-state index in [0.717, 1.165) is 12.2 Å². The summed E-state index contributed by atoms with van der Waals surface area (Å²) in [5.41, 5.74) is 1.59. The van der Waals surface area contributed by atoms with Crippen LogP contribution in [0.15, 0.2) is 28.2 Å². The molecule has 0 bridgehead atoms. The minimum atomic E-state index is 0.464. The third kappa shape index (κ3) is 8.54. The summed E-state index contributed by atoms with van der Waals surface area (Å²) >= 11 is 0. The molecule has 0 aliphatic carbocycles. The number of nitrogens with zero attached hydrogens (tertiary/aromatic N) is 2. The molecular weight excluding hydrogens is 252 g/mol. The highest BCUT2D eigenvalue weighted by Gasteiger charge is 2.00. The Kier molecular flexibility index (Phi) is 12.2. The summed E-state index contributed by atoms with van der Waals surface area (Å²) in [7, 11) is 0. The Hall–Kier alpha value is -3.26. The molecule has 2 N–H and O–H groups in total. The van der Waals surface area contributed by atoms with E-state index in [9.17, 15) is 9.59 Å². The molecule has 0 saturated carbocycles.